The van der Waals surface area contributed by atoms with Crippen LogP contribution in [0.25, 0.3) is 104 Å². The summed E-state index contributed by atoms with van der Waals surface area (Å²) in [6.07, 6.45) is 7.42. The molecule has 0 radical (unpaired) electrons. The van der Waals surface area contributed by atoms with Crippen molar-refractivity contribution in [3.05, 3.63) is 182 Å². The third kappa shape index (κ3) is 5.05. The molecule has 4 heterocycles. The number of thiophene rings is 1. The average Bonchev–Trinajstić information content (AvgIpc) is 3.94. The molecule has 274 valence electrons. The van der Waals surface area contributed by atoms with E-state index in [4.69, 9.17) is 15.0 Å². The van der Waals surface area contributed by atoms with E-state index >= 15 is 0 Å². The molecule has 1 aliphatic rings. The first kappa shape index (κ1) is 33.0. The number of aromatic nitrogens is 5. The summed E-state index contributed by atoms with van der Waals surface area (Å²) >= 11 is 1.82. The number of nitrogens with zero attached hydrogens (tertiary/aromatic N) is 5. The molecule has 1 aliphatic carbocycles. The Balaban J connectivity index is 1.18. The smallest absolute Gasteiger partial charge is 0.164 e. The lowest BCUT2D eigenvalue weighted by molar-refractivity contribution is 0.742. The average molecular weight is 762 g/mol. The van der Waals surface area contributed by atoms with E-state index in [2.05, 4.69) is 174 Å². The number of hydrogen-bond donors (Lipinski definition) is 0. The Bertz CT molecular complexity index is 3500. The van der Waals surface area contributed by atoms with E-state index in [1.807, 2.05) is 29.5 Å². The van der Waals surface area contributed by atoms with Crippen LogP contribution in [0.15, 0.2) is 176 Å². The van der Waals surface area contributed by atoms with Gasteiger partial charge in [-0.1, -0.05) is 128 Å². The molecule has 1 unspecified atom stereocenters. The molecular weight excluding hydrogens is 727 g/mol. The van der Waals surface area contributed by atoms with E-state index < -0.39 is 0 Å². The highest BCUT2D eigenvalue weighted by atomic mass is 32.1. The minimum atomic E-state index is 0.403. The highest BCUT2D eigenvalue weighted by molar-refractivity contribution is 7.26. The van der Waals surface area contributed by atoms with Crippen molar-refractivity contribution in [3.63, 3.8) is 0 Å². The summed E-state index contributed by atoms with van der Waals surface area (Å²) in [6.45, 7) is 2.24. The summed E-state index contributed by atoms with van der Waals surface area (Å²) in [5.74, 6) is 2.49. The van der Waals surface area contributed by atoms with Gasteiger partial charge in [0.15, 0.2) is 17.5 Å². The normalized spacial score (nSPS) is 14.4. The molecule has 0 aliphatic heterocycles. The van der Waals surface area contributed by atoms with Crippen LogP contribution in [-0.2, 0) is 0 Å². The van der Waals surface area contributed by atoms with Crippen molar-refractivity contribution in [2.75, 3.05) is 0 Å². The van der Waals surface area contributed by atoms with Crippen LogP contribution in [-0.4, -0.2) is 24.1 Å². The van der Waals surface area contributed by atoms with Gasteiger partial charge in [-0.05, 0) is 72.5 Å². The van der Waals surface area contributed by atoms with Gasteiger partial charge < -0.3 is 9.13 Å². The highest BCUT2D eigenvalue weighted by Crippen LogP contribution is 2.45. The van der Waals surface area contributed by atoms with Crippen molar-refractivity contribution in [2.24, 2.45) is 5.92 Å². The minimum absolute atomic E-state index is 0.403. The van der Waals surface area contributed by atoms with Gasteiger partial charge in [0.05, 0.1) is 22.1 Å². The Morgan fingerprint density at radius 1 is 0.500 bits per heavy atom. The molecule has 58 heavy (non-hydrogen) atoms. The Morgan fingerprint density at radius 3 is 1.79 bits per heavy atom. The summed E-state index contributed by atoms with van der Waals surface area (Å²) in [4.78, 5) is 15.8. The second-order valence-corrected chi connectivity index (χ2v) is 16.4. The molecule has 6 heteroatoms. The van der Waals surface area contributed by atoms with Gasteiger partial charge in [-0.3, -0.25) is 0 Å². The van der Waals surface area contributed by atoms with E-state index in [0.717, 1.165) is 51.4 Å². The molecule has 0 saturated carbocycles. The Kier molecular flexibility index (Phi) is 7.37. The lowest BCUT2D eigenvalue weighted by Crippen LogP contribution is -2.06. The van der Waals surface area contributed by atoms with E-state index in [0.29, 0.717) is 17.6 Å². The van der Waals surface area contributed by atoms with Crippen molar-refractivity contribution in [1.82, 2.24) is 24.1 Å². The topological polar surface area (TPSA) is 48.5 Å². The minimum Gasteiger partial charge on any atom is -0.309 e. The zero-order valence-corrected chi connectivity index (χ0v) is 32.5. The van der Waals surface area contributed by atoms with Crippen molar-refractivity contribution in [1.29, 1.82) is 0 Å². The van der Waals surface area contributed by atoms with Crippen molar-refractivity contribution >= 4 is 80.7 Å². The predicted molar refractivity (Wildman–Crippen MR) is 243 cm³/mol. The van der Waals surface area contributed by atoms with Crippen molar-refractivity contribution in [3.8, 4) is 34.2 Å². The van der Waals surface area contributed by atoms with E-state index in [1.54, 1.807) is 0 Å². The zero-order chi connectivity index (χ0) is 38.3. The van der Waals surface area contributed by atoms with Gasteiger partial charge >= 0.3 is 0 Å². The lowest BCUT2D eigenvalue weighted by atomic mass is 9.95. The summed E-state index contributed by atoms with van der Waals surface area (Å²) in [5, 5.41) is 7.34. The number of rotatable bonds is 5. The van der Waals surface area contributed by atoms with Crippen LogP contribution in [0, 0.1) is 5.92 Å². The predicted octanol–water partition coefficient (Wildman–Crippen LogP) is 13.7. The van der Waals surface area contributed by atoms with E-state index in [-0.39, 0.29) is 0 Å². The van der Waals surface area contributed by atoms with Gasteiger partial charge in [0.25, 0.3) is 0 Å². The molecule has 0 amide bonds. The van der Waals surface area contributed by atoms with E-state index in [1.165, 1.54) is 52.8 Å². The van der Waals surface area contributed by atoms with Crippen molar-refractivity contribution in [2.45, 2.75) is 13.3 Å². The molecule has 12 rings (SSSR count). The van der Waals surface area contributed by atoms with Crippen LogP contribution in [0.2, 0.25) is 0 Å². The second-order valence-electron chi connectivity index (χ2n) is 15.3. The quantitative estimate of drug-likeness (QED) is 0.175. The number of fused-ring (bicyclic) bond motifs is 10. The van der Waals surface area contributed by atoms with Crippen LogP contribution in [0.5, 0.6) is 0 Å². The van der Waals surface area contributed by atoms with Gasteiger partial charge in [-0.15, -0.1) is 11.3 Å². The Morgan fingerprint density at radius 2 is 1.09 bits per heavy atom. The molecule has 0 bridgehead atoms. The van der Waals surface area contributed by atoms with Gasteiger partial charge in [0, 0.05) is 64.2 Å². The van der Waals surface area contributed by atoms with Gasteiger partial charge in [-0.2, -0.15) is 0 Å². The van der Waals surface area contributed by atoms with Crippen LogP contribution in [0.1, 0.15) is 19.2 Å². The fraction of sp³-hybridized carbons (Fsp3) is 0.0577. The first-order valence-electron chi connectivity index (χ1n) is 19.8. The number of benzene rings is 7. The fourth-order valence-electron chi connectivity index (χ4n) is 9.16. The van der Waals surface area contributed by atoms with Gasteiger partial charge in [0.2, 0.25) is 0 Å². The maximum atomic E-state index is 5.35. The first-order valence-corrected chi connectivity index (χ1v) is 20.7. The summed E-state index contributed by atoms with van der Waals surface area (Å²) in [7, 11) is 0. The first-order chi connectivity index (χ1) is 28.7. The van der Waals surface area contributed by atoms with Crippen LogP contribution < -0.4 is 0 Å². The molecule has 0 fully saturated rings. The maximum absolute atomic E-state index is 5.35. The fourth-order valence-corrected chi connectivity index (χ4v) is 10.3. The van der Waals surface area contributed by atoms with Crippen LogP contribution >= 0.6 is 11.3 Å². The Labute approximate surface area is 338 Å². The molecule has 4 aromatic heterocycles. The standard InChI is InChI=1S/C52H35N5S/c1-32-15-14-18-34(29-32)51-53-50(33-16-4-2-5-17-33)54-52(55-51)40-30-36(31-46-47(40)39-23-10-13-26-45(39)58-46)57-42-25-12-9-22-38(42)49-44(57)28-27-43-48(49)37-21-8-11-24-41(37)56(43)35-19-6-3-7-20-35/h2-28,30-32H,29H2,1H3. The summed E-state index contributed by atoms with van der Waals surface area (Å²) < 4.78 is 7.28. The molecule has 0 saturated heterocycles. The van der Waals surface area contributed by atoms with E-state index in [9.17, 15) is 0 Å². The van der Waals surface area contributed by atoms with Gasteiger partial charge in [0.1, 0.15) is 0 Å². The SMILES string of the molecule is CC1C=CC=C(c2nc(-c3ccccc3)nc(-c3cc(-n4c5ccccc5c5c6c7ccccc7n(-c7ccccc7)c6ccc54)cc4sc5ccccc5c34)n2)C1. The monoisotopic (exact) mass is 761 g/mol. The number of allylic oxidation sites excluding steroid dienone is 4. The number of para-hydroxylation sites is 3. The van der Waals surface area contributed by atoms with Crippen LogP contribution in [0.3, 0.4) is 0 Å². The Hall–Kier alpha value is -7.15. The largest absolute Gasteiger partial charge is 0.309 e. The second kappa shape index (κ2) is 12.9. The molecular formula is C52H35N5S. The zero-order valence-electron chi connectivity index (χ0n) is 31.7. The third-order valence-electron chi connectivity index (χ3n) is 11.7. The molecule has 0 spiro atoms. The third-order valence-corrected chi connectivity index (χ3v) is 12.8. The molecule has 11 aromatic rings. The molecule has 7 aromatic carbocycles. The molecule has 5 nitrogen and oxygen atoms in total. The van der Waals surface area contributed by atoms with Crippen molar-refractivity contribution < 1.29 is 0 Å². The molecule has 0 N–H and O–H groups in total. The maximum Gasteiger partial charge on any atom is 0.164 e. The highest BCUT2D eigenvalue weighted by Gasteiger charge is 2.24. The van der Waals surface area contributed by atoms with Crippen LogP contribution in [0.4, 0.5) is 0 Å². The van der Waals surface area contributed by atoms with Gasteiger partial charge in [-0.25, -0.2) is 15.0 Å². The molecule has 1 atom stereocenters. The number of hydrogen-bond acceptors (Lipinski definition) is 4. The lowest BCUT2D eigenvalue weighted by Gasteiger charge is -2.16. The summed E-state index contributed by atoms with van der Waals surface area (Å²) in [6, 6.07) is 56.6. The summed E-state index contributed by atoms with van der Waals surface area (Å²) in [5.41, 5.74) is 10.0.